The number of benzene rings is 2. The molecular weight excluding hydrogens is 697 g/mol. The van der Waals surface area contributed by atoms with Gasteiger partial charge < -0.3 is 48.1 Å². The van der Waals surface area contributed by atoms with Gasteiger partial charge in [-0.2, -0.15) is 0 Å². The molecule has 296 valence electrons. The fourth-order valence-electron chi connectivity index (χ4n) is 8.25. The quantitative estimate of drug-likeness (QED) is 0.110. The minimum absolute atomic E-state index is 0.0171. The number of hydrogen-bond acceptors (Lipinski definition) is 9. The van der Waals surface area contributed by atoms with Crippen LogP contribution in [0.4, 0.5) is 10.5 Å². The number of amides is 2. The van der Waals surface area contributed by atoms with Gasteiger partial charge in [-0.3, -0.25) is 4.79 Å². The number of hydrogen-bond donors (Lipinski definition) is 2. The molecule has 0 aliphatic carbocycles. The first-order chi connectivity index (χ1) is 25.3. The van der Waals surface area contributed by atoms with Gasteiger partial charge in [0.15, 0.2) is 14.9 Å². The van der Waals surface area contributed by atoms with Crippen LogP contribution in [-0.4, -0.2) is 108 Å². The SMILES string of the molecule is COCCCOc1ccc([C@@]2(O)CCN(C(=O)O)C[C@@H]2OCc2ccc3c(c2)N(CCCOC)C(=O)CO3)c(CCO[Si](C(C)C)(C(C)C)C(C)C)c1. The van der Waals surface area contributed by atoms with Crippen LogP contribution in [0.5, 0.6) is 11.5 Å². The van der Waals surface area contributed by atoms with Gasteiger partial charge in [-0.25, -0.2) is 4.79 Å². The molecule has 1 fully saturated rings. The van der Waals surface area contributed by atoms with Crippen LogP contribution in [0.25, 0.3) is 0 Å². The first-order valence-corrected chi connectivity index (χ1v) is 21.2. The molecule has 0 radical (unpaired) electrons. The lowest BCUT2D eigenvalue weighted by molar-refractivity contribution is -0.152. The average molecular weight is 759 g/mol. The second-order valence-corrected chi connectivity index (χ2v) is 20.6. The summed E-state index contributed by atoms with van der Waals surface area (Å²) in [4.78, 5) is 28.0. The summed E-state index contributed by atoms with van der Waals surface area (Å²) < 4.78 is 35.7. The Hall–Kier alpha value is -3.20. The van der Waals surface area contributed by atoms with Gasteiger partial charge in [0.25, 0.3) is 5.91 Å². The van der Waals surface area contributed by atoms with Gasteiger partial charge >= 0.3 is 6.09 Å². The fourth-order valence-corrected chi connectivity index (χ4v) is 13.7. The number of anilines is 1. The Balaban J connectivity index is 1.65. The second kappa shape index (κ2) is 19.4. The molecule has 2 aromatic carbocycles. The van der Waals surface area contributed by atoms with Gasteiger partial charge in [0, 0.05) is 60.0 Å². The number of rotatable bonds is 20. The summed E-state index contributed by atoms with van der Waals surface area (Å²) in [5.41, 5.74) is 2.74. The highest BCUT2D eigenvalue weighted by molar-refractivity contribution is 6.77. The van der Waals surface area contributed by atoms with Gasteiger partial charge in [-0.1, -0.05) is 53.7 Å². The van der Waals surface area contributed by atoms with Crippen molar-refractivity contribution in [3.63, 3.8) is 0 Å². The Morgan fingerprint density at radius 1 is 0.962 bits per heavy atom. The van der Waals surface area contributed by atoms with Crippen molar-refractivity contribution in [3.05, 3.63) is 53.1 Å². The number of piperidine rings is 1. The van der Waals surface area contributed by atoms with Crippen LogP contribution in [-0.2, 0) is 42.1 Å². The van der Waals surface area contributed by atoms with Crippen molar-refractivity contribution in [1.82, 2.24) is 4.90 Å². The highest BCUT2D eigenvalue weighted by Gasteiger charge is 2.47. The third kappa shape index (κ3) is 10.1. The standard InChI is InChI=1S/C40H62N2O10Si/c1-28(2)53(29(3)4,30(5)6)52-22-15-32-24-33(49-21-10-20-48-8)12-13-34(32)40(46)16-18-41(39(44)45)25-37(40)51-26-31-11-14-36-35(23-31)42(17-9-19-47-7)38(43)27-50-36/h11-14,23-24,28-30,37,46H,9-10,15-22,25-27H2,1-8H3,(H,44,45)/t37-,40-/m0/s1. The largest absolute Gasteiger partial charge is 0.493 e. The van der Waals surface area contributed by atoms with Crippen molar-refractivity contribution in [3.8, 4) is 11.5 Å². The summed E-state index contributed by atoms with van der Waals surface area (Å²) in [6.45, 7) is 16.3. The molecule has 13 heteroatoms. The summed E-state index contributed by atoms with van der Waals surface area (Å²) in [7, 11) is 1.13. The predicted octanol–water partition coefficient (Wildman–Crippen LogP) is 6.76. The zero-order chi connectivity index (χ0) is 38.8. The minimum Gasteiger partial charge on any atom is -0.493 e. The van der Waals surface area contributed by atoms with E-state index in [2.05, 4.69) is 41.5 Å². The molecule has 2 aliphatic heterocycles. The van der Waals surface area contributed by atoms with Gasteiger partial charge in [-0.15, -0.1) is 0 Å². The highest BCUT2D eigenvalue weighted by atomic mass is 28.4. The van der Waals surface area contributed by atoms with Crippen molar-refractivity contribution < 1.29 is 47.9 Å². The molecule has 2 N–H and O–H groups in total. The predicted molar refractivity (Wildman–Crippen MR) is 207 cm³/mol. The monoisotopic (exact) mass is 758 g/mol. The number of carbonyl (C=O) groups is 2. The number of fused-ring (bicyclic) bond motifs is 1. The normalized spacial score (nSPS) is 19.2. The van der Waals surface area contributed by atoms with Crippen LogP contribution in [0.3, 0.4) is 0 Å². The molecule has 4 rings (SSSR count). The van der Waals surface area contributed by atoms with E-state index in [0.29, 0.717) is 85.2 Å². The zero-order valence-corrected chi connectivity index (χ0v) is 34.0. The van der Waals surface area contributed by atoms with Gasteiger partial charge in [0.2, 0.25) is 0 Å². The first-order valence-electron chi connectivity index (χ1n) is 19.0. The van der Waals surface area contributed by atoms with Crippen molar-refractivity contribution in [2.24, 2.45) is 0 Å². The third-order valence-corrected chi connectivity index (χ3v) is 17.0. The topological polar surface area (TPSA) is 136 Å². The van der Waals surface area contributed by atoms with E-state index in [1.807, 2.05) is 36.4 Å². The first kappa shape index (κ1) is 42.5. The van der Waals surface area contributed by atoms with E-state index in [1.165, 1.54) is 4.90 Å². The molecule has 2 atom stereocenters. The number of likely N-dealkylation sites (tertiary alicyclic amines) is 1. The van der Waals surface area contributed by atoms with Crippen LogP contribution in [0.1, 0.15) is 77.5 Å². The van der Waals surface area contributed by atoms with E-state index in [1.54, 1.807) is 19.1 Å². The Kier molecular flexibility index (Phi) is 15.6. The summed E-state index contributed by atoms with van der Waals surface area (Å²) in [6.07, 6.45) is 0.142. The van der Waals surface area contributed by atoms with Crippen LogP contribution in [0, 0.1) is 0 Å². The highest BCUT2D eigenvalue weighted by Crippen LogP contribution is 2.43. The molecule has 0 unspecified atom stereocenters. The molecular formula is C40H62N2O10Si. The van der Waals surface area contributed by atoms with Crippen molar-refractivity contribution in [2.45, 2.75) is 102 Å². The van der Waals surface area contributed by atoms with E-state index in [-0.39, 0.29) is 38.6 Å². The summed E-state index contributed by atoms with van der Waals surface area (Å²) in [5, 5.41) is 22.7. The zero-order valence-electron chi connectivity index (χ0n) is 33.0. The third-order valence-electron chi connectivity index (χ3n) is 10.8. The minimum atomic E-state index is -2.16. The molecule has 0 aromatic heterocycles. The summed E-state index contributed by atoms with van der Waals surface area (Å²) in [5.74, 6) is 1.15. The Morgan fingerprint density at radius 3 is 2.32 bits per heavy atom. The van der Waals surface area contributed by atoms with Crippen molar-refractivity contribution in [1.29, 1.82) is 0 Å². The maximum Gasteiger partial charge on any atom is 0.407 e. The van der Waals surface area contributed by atoms with Crippen molar-refractivity contribution in [2.75, 3.05) is 71.8 Å². The second-order valence-electron chi connectivity index (χ2n) is 15.1. The number of aliphatic hydroxyl groups is 1. The number of carboxylic acid groups (broad SMARTS) is 1. The number of ether oxygens (including phenoxy) is 5. The van der Waals surface area contributed by atoms with Crippen LogP contribution in [0.2, 0.25) is 16.6 Å². The smallest absolute Gasteiger partial charge is 0.407 e. The fraction of sp³-hybridized carbons (Fsp3) is 0.650. The summed E-state index contributed by atoms with van der Waals surface area (Å²) >= 11 is 0. The van der Waals surface area contributed by atoms with E-state index >= 15 is 0 Å². The van der Waals surface area contributed by atoms with E-state index < -0.39 is 26.1 Å². The molecule has 1 saturated heterocycles. The average Bonchev–Trinajstić information content (AvgIpc) is 3.12. The molecule has 12 nitrogen and oxygen atoms in total. The molecule has 2 heterocycles. The van der Waals surface area contributed by atoms with E-state index in [4.69, 9.17) is 28.1 Å². The number of methoxy groups -OCH3 is 2. The molecule has 0 spiro atoms. The van der Waals surface area contributed by atoms with E-state index in [0.717, 1.165) is 17.5 Å². The molecule has 2 aliphatic rings. The van der Waals surface area contributed by atoms with Gasteiger partial charge in [0.1, 0.15) is 23.2 Å². The number of nitrogens with zero attached hydrogens (tertiary/aromatic N) is 2. The lowest BCUT2D eigenvalue weighted by atomic mass is 9.79. The van der Waals surface area contributed by atoms with Gasteiger partial charge in [0.05, 0.1) is 25.4 Å². The van der Waals surface area contributed by atoms with Crippen LogP contribution < -0.4 is 14.4 Å². The summed E-state index contributed by atoms with van der Waals surface area (Å²) in [6, 6.07) is 11.3. The van der Waals surface area contributed by atoms with Crippen LogP contribution >= 0.6 is 0 Å². The molecule has 0 saturated carbocycles. The lowest BCUT2D eigenvalue weighted by Gasteiger charge is -2.45. The van der Waals surface area contributed by atoms with E-state index in [9.17, 15) is 19.8 Å². The molecule has 53 heavy (non-hydrogen) atoms. The lowest BCUT2D eigenvalue weighted by Crippen LogP contribution is -2.56. The molecule has 0 bridgehead atoms. The Labute approximate surface area is 316 Å². The maximum atomic E-state index is 12.8. The molecule has 2 aromatic rings. The molecule has 2 amide bonds. The van der Waals surface area contributed by atoms with Crippen molar-refractivity contribution >= 4 is 26.0 Å². The Bertz CT molecular complexity index is 1480. The van der Waals surface area contributed by atoms with Gasteiger partial charge in [-0.05, 0) is 70.4 Å². The Morgan fingerprint density at radius 2 is 1.66 bits per heavy atom. The maximum absolute atomic E-state index is 12.8. The number of carbonyl (C=O) groups excluding carboxylic acids is 1. The van der Waals surface area contributed by atoms with Crippen LogP contribution in [0.15, 0.2) is 36.4 Å².